The highest BCUT2D eigenvalue weighted by atomic mass is 16.5. The van der Waals surface area contributed by atoms with Crippen molar-refractivity contribution in [3.63, 3.8) is 0 Å². The molecule has 0 saturated carbocycles. The lowest BCUT2D eigenvalue weighted by molar-refractivity contribution is -0.120. The van der Waals surface area contributed by atoms with Gasteiger partial charge < -0.3 is 19.5 Å². The number of rotatable bonds is 11. The van der Waals surface area contributed by atoms with E-state index >= 15 is 0 Å². The average molecular weight is 401 g/mol. The van der Waals surface area contributed by atoms with Gasteiger partial charge in [-0.2, -0.15) is 0 Å². The summed E-state index contributed by atoms with van der Waals surface area (Å²) in [6.45, 7) is 7.68. The maximum absolute atomic E-state index is 12.6. The van der Waals surface area contributed by atoms with E-state index in [0.29, 0.717) is 23.8 Å². The molecular weight excluding hydrogens is 368 g/mol. The SMILES string of the molecule is CCN(CC)Cc1ccccc1CNC(=O)Cc1ccc(OC)c(OC)c1OC. The second kappa shape index (κ2) is 11.3. The van der Waals surface area contributed by atoms with Crippen LogP contribution in [0.15, 0.2) is 36.4 Å². The molecule has 0 aliphatic rings. The molecule has 6 nitrogen and oxygen atoms in total. The Morgan fingerprint density at radius 1 is 0.862 bits per heavy atom. The predicted octanol–water partition coefficient (Wildman–Crippen LogP) is 3.41. The molecule has 29 heavy (non-hydrogen) atoms. The summed E-state index contributed by atoms with van der Waals surface area (Å²) in [5.41, 5.74) is 3.12. The van der Waals surface area contributed by atoms with Gasteiger partial charge in [-0.25, -0.2) is 0 Å². The fourth-order valence-corrected chi connectivity index (χ4v) is 3.30. The third-order valence-corrected chi connectivity index (χ3v) is 5.02. The van der Waals surface area contributed by atoms with Gasteiger partial charge in [0.25, 0.3) is 0 Å². The van der Waals surface area contributed by atoms with E-state index in [1.807, 2.05) is 18.2 Å². The molecular formula is C23H32N2O4. The standard InChI is InChI=1S/C23H32N2O4/c1-6-25(7-2)16-19-11-9-8-10-18(19)15-24-21(26)14-17-12-13-20(27-3)23(29-5)22(17)28-4/h8-13H,6-7,14-16H2,1-5H3,(H,24,26). The van der Waals surface area contributed by atoms with Gasteiger partial charge in [-0.15, -0.1) is 0 Å². The van der Waals surface area contributed by atoms with Crippen LogP contribution in [0.4, 0.5) is 0 Å². The Bertz CT molecular complexity index is 803. The summed E-state index contributed by atoms with van der Waals surface area (Å²) in [5.74, 6) is 1.50. The number of nitrogens with one attached hydrogen (secondary N) is 1. The topological polar surface area (TPSA) is 60.0 Å². The van der Waals surface area contributed by atoms with Crippen LogP contribution in [-0.2, 0) is 24.3 Å². The zero-order valence-corrected chi connectivity index (χ0v) is 18.1. The number of ether oxygens (including phenoxy) is 3. The number of carbonyl (C=O) groups excluding carboxylic acids is 1. The van der Waals surface area contributed by atoms with E-state index in [0.717, 1.165) is 30.8 Å². The molecule has 0 aromatic heterocycles. The molecule has 0 radical (unpaired) electrons. The van der Waals surface area contributed by atoms with Gasteiger partial charge in [0, 0.05) is 18.7 Å². The number of carbonyl (C=O) groups is 1. The molecule has 0 saturated heterocycles. The third kappa shape index (κ3) is 5.87. The minimum absolute atomic E-state index is 0.0758. The highest BCUT2D eigenvalue weighted by Crippen LogP contribution is 2.39. The Kier molecular flexibility index (Phi) is 8.80. The van der Waals surface area contributed by atoms with E-state index < -0.39 is 0 Å². The van der Waals surface area contributed by atoms with E-state index in [1.54, 1.807) is 27.4 Å². The molecule has 1 amide bonds. The van der Waals surface area contributed by atoms with E-state index in [4.69, 9.17) is 14.2 Å². The molecule has 0 aliphatic carbocycles. The van der Waals surface area contributed by atoms with E-state index in [2.05, 4.69) is 36.2 Å². The molecule has 0 heterocycles. The van der Waals surface area contributed by atoms with E-state index in [1.165, 1.54) is 5.56 Å². The summed E-state index contributed by atoms with van der Waals surface area (Å²) in [5, 5.41) is 3.03. The Hall–Kier alpha value is -2.73. The van der Waals surface area contributed by atoms with Crippen LogP contribution in [-0.4, -0.2) is 45.2 Å². The van der Waals surface area contributed by atoms with Gasteiger partial charge in [-0.3, -0.25) is 9.69 Å². The molecule has 2 aromatic rings. The van der Waals surface area contributed by atoms with Crippen molar-refractivity contribution < 1.29 is 19.0 Å². The molecule has 0 bridgehead atoms. The predicted molar refractivity (Wildman–Crippen MR) is 115 cm³/mol. The molecule has 0 atom stereocenters. The molecule has 0 spiro atoms. The number of hydrogen-bond acceptors (Lipinski definition) is 5. The minimum Gasteiger partial charge on any atom is -0.493 e. The zero-order chi connectivity index (χ0) is 21.2. The third-order valence-electron chi connectivity index (χ3n) is 5.02. The quantitative estimate of drug-likeness (QED) is 0.626. The van der Waals surface area contributed by atoms with Crippen LogP contribution >= 0.6 is 0 Å². The van der Waals surface area contributed by atoms with E-state index in [9.17, 15) is 4.79 Å². The molecule has 1 N–H and O–H groups in total. The lowest BCUT2D eigenvalue weighted by atomic mass is 10.1. The molecule has 0 unspecified atom stereocenters. The first-order chi connectivity index (χ1) is 14.1. The van der Waals surface area contributed by atoms with Gasteiger partial charge in [0.05, 0.1) is 27.8 Å². The molecule has 2 aromatic carbocycles. The maximum atomic E-state index is 12.6. The average Bonchev–Trinajstić information content (AvgIpc) is 2.76. The van der Waals surface area contributed by atoms with Crippen LogP contribution in [0.3, 0.4) is 0 Å². The van der Waals surface area contributed by atoms with Crippen molar-refractivity contribution in [3.8, 4) is 17.2 Å². The minimum atomic E-state index is -0.0758. The van der Waals surface area contributed by atoms with Crippen molar-refractivity contribution in [2.45, 2.75) is 33.4 Å². The van der Waals surface area contributed by atoms with Crippen molar-refractivity contribution >= 4 is 5.91 Å². The first-order valence-electron chi connectivity index (χ1n) is 9.91. The van der Waals surface area contributed by atoms with Gasteiger partial charge in [0.15, 0.2) is 11.5 Å². The second-order valence-electron chi connectivity index (χ2n) is 6.68. The monoisotopic (exact) mass is 400 g/mol. The summed E-state index contributed by atoms with van der Waals surface area (Å²) >= 11 is 0. The van der Waals surface area contributed by atoms with Gasteiger partial charge >= 0.3 is 0 Å². The van der Waals surface area contributed by atoms with Crippen molar-refractivity contribution in [3.05, 3.63) is 53.1 Å². The van der Waals surface area contributed by atoms with Crippen molar-refractivity contribution in [1.82, 2.24) is 10.2 Å². The van der Waals surface area contributed by atoms with Crippen molar-refractivity contribution in [2.24, 2.45) is 0 Å². The van der Waals surface area contributed by atoms with Gasteiger partial charge in [-0.05, 0) is 30.3 Å². The first-order valence-corrected chi connectivity index (χ1v) is 9.91. The summed E-state index contributed by atoms with van der Waals surface area (Å²) in [7, 11) is 4.68. The van der Waals surface area contributed by atoms with Crippen LogP contribution < -0.4 is 19.5 Å². The van der Waals surface area contributed by atoms with Crippen LogP contribution in [0.2, 0.25) is 0 Å². The van der Waals surface area contributed by atoms with Gasteiger partial charge in [0.2, 0.25) is 11.7 Å². The molecule has 6 heteroatoms. The molecule has 158 valence electrons. The summed E-state index contributed by atoms with van der Waals surface area (Å²) < 4.78 is 16.2. The lowest BCUT2D eigenvalue weighted by Crippen LogP contribution is -2.27. The van der Waals surface area contributed by atoms with Crippen LogP contribution in [0.5, 0.6) is 17.2 Å². The van der Waals surface area contributed by atoms with Crippen molar-refractivity contribution in [1.29, 1.82) is 0 Å². The van der Waals surface area contributed by atoms with Crippen LogP contribution in [0.1, 0.15) is 30.5 Å². The fourth-order valence-electron chi connectivity index (χ4n) is 3.30. The number of methoxy groups -OCH3 is 3. The number of nitrogens with zero attached hydrogens (tertiary/aromatic N) is 1. The largest absolute Gasteiger partial charge is 0.493 e. The summed E-state index contributed by atoms with van der Waals surface area (Å²) in [6, 6.07) is 11.8. The van der Waals surface area contributed by atoms with Gasteiger partial charge in [-0.1, -0.05) is 44.2 Å². The molecule has 0 fully saturated rings. The van der Waals surface area contributed by atoms with Crippen molar-refractivity contribution in [2.75, 3.05) is 34.4 Å². The number of hydrogen-bond donors (Lipinski definition) is 1. The smallest absolute Gasteiger partial charge is 0.224 e. The van der Waals surface area contributed by atoms with Gasteiger partial charge in [0.1, 0.15) is 0 Å². The maximum Gasteiger partial charge on any atom is 0.224 e. The first kappa shape index (κ1) is 22.6. The Morgan fingerprint density at radius 2 is 1.52 bits per heavy atom. The highest BCUT2D eigenvalue weighted by molar-refractivity contribution is 5.80. The van der Waals surface area contributed by atoms with Crippen LogP contribution in [0.25, 0.3) is 0 Å². The second-order valence-corrected chi connectivity index (χ2v) is 6.68. The normalized spacial score (nSPS) is 10.7. The lowest BCUT2D eigenvalue weighted by Gasteiger charge is -2.20. The summed E-state index contributed by atoms with van der Waals surface area (Å²) in [6.07, 6.45) is 0.196. The van der Waals surface area contributed by atoms with Crippen LogP contribution in [0, 0.1) is 0 Å². The fraction of sp³-hybridized carbons (Fsp3) is 0.435. The van der Waals surface area contributed by atoms with E-state index in [-0.39, 0.29) is 12.3 Å². The Labute approximate surface area is 173 Å². The Morgan fingerprint density at radius 3 is 2.10 bits per heavy atom. The molecule has 2 rings (SSSR count). The Balaban J connectivity index is 2.08. The number of benzene rings is 2. The number of amides is 1. The summed E-state index contributed by atoms with van der Waals surface area (Å²) in [4.78, 5) is 15.0. The molecule has 0 aliphatic heterocycles. The zero-order valence-electron chi connectivity index (χ0n) is 18.1. The highest BCUT2D eigenvalue weighted by Gasteiger charge is 2.18.